The lowest BCUT2D eigenvalue weighted by Gasteiger charge is -2.19. The number of nitrogens with two attached hydrogens (primary N) is 1. The van der Waals surface area contributed by atoms with Gasteiger partial charge in [-0.15, -0.1) is 0 Å². The Kier molecular flexibility index (Phi) is 6.58. The van der Waals surface area contributed by atoms with E-state index in [-0.39, 0.29) is 12.2 Å². The van der Waals surface area contributed by atoms with Crippen LogP contribution >= 0.6 is 11.8 Å². The smallest absolute Gasteiger partial charge is 0.231 e. The first kappa shape index (κ1) is 23.5. The van der Waals surface area contributed by atoms with E-state index in [0.29, 0.717) is 5.82 Å². The molecule has 0 fully saturated rings. The Labute approximate surface area is 210 Å². The first-order chi connectivity index (χ1) is 16.9. The Morgan fingerprint density at radius 1 is 1.09 bits per heavy atom. The molecule has 0 atom stereocenters. The number of rotatable bonds is 8. The summed E-state index contributed by atoms with van der Waals surface area (Å²) >= 11 is 1.63. The number of hydrogen-bond donors (Lipinski definition) is 2. The molecule has 7 nitrogen and oxygen atoms in total. The monoisotopic (exact) mass is 489 g/mol. The number of ether oxygens (including phenoxy) is 2. The molecule has 8 heteroatoms. The fraction of sp³-hybridized carbons (Fsp3) is 0.333. The van der Waals surface area contributed by atoms with Crippen molar-refractivity contribution in [3.05, 3.63) is 65.9 Å². The molecule has 182 valence electrons. The zero-order chi connectivity index (χ0) is 24.4. The number of nitrogen functional groups attached to an aromatic ring is 1. The number of anilines is 1. The minimum Gasteiger partial charge on any atom is -0.454 e. The van der Waals surface area contributed by atoms with Crippen molar-refractivity contribution in [1.29, 1.82) is 0 Å². The van der Waals surface area contributed by atoms with E-state index >= 15 is 0 Å². The van der Waals surface area contributed by atoms with Crippen molar-refractivity contribution >= 4 is 28.6 Å². The van der Waals surface area contributed by atoms with Crippen LogP contribution in [0.1, 0.15) is 31.9 Å². The molecule has 1 aliphatic heterocycles. The quantitative estimate of drug-likeness (QED) is 0.332. The molecule has 2 aromatic carbocycles. The van der Waals surface area contributed by atoms with Gasteiger partial charge in [-0.1, -0.05) is 62.9 Å². The lowest BCUT2D eigenvalue weighted by molar-refractivity contribution is 0.174. The van der Waals surface area contributed by atoms with E-state index in [4.69, 9.17) is 20.2 Å². The number of nitrogens with zero attached hydrogens (tertiary/aromatic N) is 3. The second-order valence-electron chi connectivity index (χ2n) is 9.93. The Bertz CT molecular complexity index is 1330. The summed E-state index contributed by atoms with van der Waals surface area (Å²) in [5.74, 6) is 1.99. The molecule has 0 saturated heterocycles. The summed E-state index contributed by atoms with van der Waals surface area (Å²) in [6.07, 6.45) is 2.53. The predicted octanol–water partition coefficient (Wildman–Crippen LogP) is 5.12. The molecule has 4 aromatic rings. The minimum absolute atomic E-state index is 0.224. The van der Waals surface area contributed by atoms with Crippen LogP contribution in [0.2, 0.25) is 0 Å². The zero-order valence-corrected chi connectivity index (χ0v) is 21.2. The van der Waals surface area contributed by atoms with Crippen molar-refractivity contribution in [2.45, 2.75) is 43.8 Å². The molecule has 5 rings (SSSR count). The van der Waals surface area contributed by atoms with E-state index in [1.54, 1.807) is 18.0 Å². The van der Waals surface area contributed by atoms with Gasteiger partial charge in [-0.25, -0.2) is 9.97 Å². The fourth-order valence-electron chi connectivity index (χ4n) is 4.11. The van der Waals surface area contributed by atoms with Crippen LogP contribution in [0.25, 0.3) is 11.0 Å². The van der Waals surface area contributed by atoms with E-state index in [1.165, 1.54) is 11.1 Å². The highest BCUT2D eigenvalue weighted by molar-refractivity contribution is 7.99. The highest BCUT2D eigenvalue weighted by atomic mass is 32.2. The molecule has 3 N–H and O–H groups in total. The van der Waals surface area contributed by atoms with E-state index in [2.05, 4.69) is 72.0 Å². The summed E-state index contributed by atoms with van der Waals surface area (Å²) in [6.45, 7) is 9.48. The molecule has 0 amide bonds. The predicted molar refractivity (Wildman–Crippen MR) is 140 cm³/mol. The van der Waals surface area contributed by atoms with Gasteiger partial charge in [0.1, 0.15) is 5.52 Å². The molecule has 0 saturated carbocycles. The Morgan fingerprint density at radius 3 is 2.63 bits per heavy atom. The number of pyridine rings is 1. The standard InChI is InChI=1S/C27H31N5O2S/c1-27(2,3)16-29-11-12-32-20-9-10-30-25(28)24(20)31-26(32)35-23-15-22-21(33-17-34-22)14-19(23)13-18-7-5-4-6-8-18/h4-10,14-15,29H,11-13,16-17H2,1-3H3,(H2,28,30). The number of fused-ring (bicyclic) bond motifs is 2. The second-order valence-corrected chi connectivity index (χ2v) is 10.9. The highest BCUT2D eigenvalue weighted by Crippen LogP contribution is 2.42. The molecule has 0 radical (unpaired) electrons. The zero-order valence-electron chi connectivity index (χ0n) is 20.4. The maximum atomic E-state index is 6.20. The lowest BCUT2D eigenvalue weighted by Crippen LogP contribution is -2.29. The van der Waals surface area contributed by atoms with Crippen LogP contribution in [0.4, 0.5) is 5.82 Å². The molecule has 0 unspecified atom stereocenters. The minimum atomic E-state index is 0.224. The lowest BCUT2D eigenvalue weighted by atomic mass is 9.97. The third-order valence-electron chi connectivity index (χ3n) is 5.82. The molecule has 3 heterocycles. The summed E-state index contributed by atoms with van der Waals surface area (Å²) in [7, 11) is 0. The van der Waals surface area contributed by atoms with Crippen molar-refractivity contribution in [3.63, 3.8) is 0 Å². The van der Waals surface area contributed by atoms with Crippen molar-refractivity contribution in [2.75, 3.05) is 25.6 Å². The largest absolute Gasteiger partial charge is 0.454 e. The molecule has 1 aliphatic rings. The first-order valence-electron chi connectivity index (χ1n) is 11.8. The van der Waals surface area contributed by atoms with Gasteiger partial charge in [-0.2, -0.15) is 0 Å². The van der Waals surface area contributed by atoms with Gasteiger partial charge >= 0.3 is 0 Å². The van der Waals surface area contributed by atoms with Gasteiger partial charge in [0.2, 0.25) is 6.79 Å². The normalized spacial score (nSPS) is 13.0. The van der Waals surface area contributed by atoms with E-state index in [0.717, 1.165) is 58.6 Å². The van der Waals surface area contributed by atoms with Crippen LogP contribution < -0.4 is 20.5 Å². The van der Waals surface area contributed by atoms with Gasteiger partial charge in [0, 0.05) is 30.7 Å². The summed E-state index contributed by atoms with van der Waals surface area (Å²) in [5.41, 5.74) is 10.6. The molecular formula is C27H31N5O2S. The van der Waals surface area contributed by atoms with Crippen molar-refractivity contribution < 1.29 is 9.47 Å². The highest BCUT2D eigenvalue weighted by Gasteiger charge is 2.21. The number of nitrogens with one attached hydrogen (secondary N) is 1. The maximum Gasteiger partial charge on any atom is 0.231 e. The Balaban J connectivity index is 1.49. The number of aromatic nitrogens is 3. The van der Waals surface area contributed by atoms with Crippen LogP contribution in [-0.2, 0) is 13.0 Å². The van der Waals surface area contributed by atoms with Gasteiger partial charge in [0.25, 0.3) is 0 Å². The molecule has 35 heavy (non-hydrogen) atoms. The fourth-order valence-corrected chi connectivity index (χ4v) is 5.17. The van der Waals surface area contributed by atoms with E-state index in [9.17, 15) is 0 Å². The third-order valence-corrected chi connectivity index (χ3v) is 6.92. The second kappa shape index (κ2) is 9.79. The number of hydrogen-bond acceptors (Lipinski definition) is 7. The number of imidazole rings is 1. The van der Waals surface area contributed by atoms with Gasteiger partial charge < -0.3 is 25.1 Å². The van der Waals surface area contributed by atoms with Crippen molar-refractivity contribution in [1.82, 2.24) is 19.9 Å². The molecule has 2 aromatic heterocycles. The van der Waals surface area contributed by atoms with Crippen LogP contribution in [-0.4, -0.2) is 34.4 Å². The third kappa shape index (κ3) is 5.39. The summed E-state index contributed by atoms with van der Waals surface area (Å²) in [4.78, 5) is 10.3. The maximum absolute atomic E-state index is 6.20. The summed E-state index contributed by atoms with van der Waals surface area (Å²) < 4.78 is 13.6. The topological polar surface area (TPSA) is 87.2 Å². The van der Waals surface area contributed by atoms with Crippen molar-refractivity contribution in [2.24, 2.45) is 5.41 Å². The van der Waals surface area contributed by atoms with Gasteiger partial charge in [-0.05, 0) is 41.2 Å². The van der Waals surface area contributed by atoms with Crippen LogP contribution in [0.3, 0.4) is 0 Å². The summed E-state index contributed by atoms with van der Waals surface area (Å²) in [5, 5.41) is 4.45. The average Bonchev–Trinajstić information content (AvgIpc) is 3.42. The van der Waals surface area contributed by atoms with Gasteiger partial charge in [-0.3, -0.25) is 0 Å². The first-order valence-corrected chi connectivity index (χ1v) is 12.6. The van der Waals surface area contributed by atoms with Crippen LogP contribution in [0.5, 0.6) is 11.5 Å². The number of benzene rings is 2. The SMILES string of the molecule is CC(C)(C)CNCCn1c(Sc2cc3c(cc2Cc2ccccc2)OCO3)nc2c(N)nccc21. The van der Waals surface area contributed by atoms with Gasteiger partial charge in [0.15, 0.2) is 22.5 Å². The molecular weight excluding hydrogens is 458 g/mol. The summed E-state index contributed by atoms with van der Waals surface area (Å²) in [6, 6.07) is 16.6. The Morgan fingerprint density at radius 2 is 1.86 bits per heavy atom. The van der Waals surface area contributed by atoms with E-state index < -0.39 is 0 Å². The van der Waals surface area contributed by atoms with Crippen LogP contribution in [0, 0.1) is 5.41 Å². The Hall–Kier alpha value is -3.23. The molecule has 0 bridgehead atoms. The van der Waals surface area contributed by atoms with Gasteiger partial charge in [0.05, 0.1) is 5.52 Å². The average molecular weight is 490 g/mol. The van der Waals surface area contributed by atoms with Crippen molar-refractivity contribution in [3.8, 4) is 11.5 Å². The molecule has 0 aliphatic carbocycles. The molecule has 0 spiro atoms. The van der Waals surface area contributed by atoms with Crippen LogP contribution in [0.15, 0.2) is 64.8 Å². The van der Waals surface area contributed by atoms with E-state index in [1.807, 2.05) is 12.1 Å².